The molecule has 0 radical (unpaired) electrons. The van der Waals surface area contributed by atoms with E-state index in [-0.39, 0.29) is 29.6 Å². The van der Waals surface area contributed by atoms with E-state index in [1.54, 1.807) is 11.9 Å². The molecule has 0 saturated heterocycles. The van der Waals surface area contributed by atoms with Gasteiger partial charge in [0.2, 0.25) is 6.41 Å². The van der Waals surface area contributed by atoms with Gasteiger partial charge in [-0.15, -0.1) is 0 Å². The SMILES string of the molecule is CCCCOc1nc(N)c(NC=O)c(N(C)CCCCN(CC(C)(C)CN(C)C)Sc2cccc(CC(=O)OC)c2)n1. The Morgan fingerprint density at radius 2 is 1.86 bits per heavy atom. The second-order valence-electron chi connectivity index (χ2n) is 11.4. The van der Waals surface area contributed by atoms with Crippen molar-refractivity contribution in [2.24, 2.45) is 5.41 Å². The van der Waals surface area contributed by atoms with E-state index in [4.69, 9.17) is 15.2 Å². The van der Waals surface area contributed by atoms with Gasteiger partial charge in [-0.2, -0.15) is 9.97 Å². The van der Waals surface area contributed by atoms with Crippen LogP contribution in [0.2, 0.25) is 0 Å². The molecule has 0 spiro atoms. The smallest absolute Gasteiger partial charge is 0.320 e. The van der Waals surface area contributed by atoms with Crippen molar-refractivity contribution < 1.29 is 19.1 Å². The summed E-state index contributed by atoms with van der Waals surface area (Å²) in [4.78, 5) is 37.1. The van der Waals surface area contributed by atoms with Crippen molar-refractivity contribution in [3.8, 4) is 6.01 Å². The number of hydrogen-bond donors (Lipinski definition) is 2. The van der Waals surface area contributed by atoms with E-state index >= 15 is 0 Å². The molecular formula is C30H49N7O4S. The number of carbonyl (C=O) groups is 2. The first-order valence-electron chi connectivity index (χ1n) is 14.4. The average molecular weight is 604 g/mol. The van der Waals surface area contributed by atoms with Gasteiger partial charge in [-0.3, -0.25) is 9.59 Å². The Bertz CT molecular complexity index is 1130. The van der Waals surface area contributed by atoms with Crippen LogP contribution in [-0.2, 0) is 20.7 Å². The largest absolute Gasteiger partial charge is 0.469 e. The topological polar surface area (TPSA) is 126 Å². The summed E-state index contributed by atoms with van der Waals surface area (Å²) in [6, 6.07) is 8.27. The molecule has 234 valence electrons. The zero-order chi connectivity index (χ0) is 31.1. The summed E-state index contributed by atoms with van der Waals surface area (Å²) in [5.74, 6) is 0.453. The summed E-state index contributed by atoms with van der Waals surface area (Å²) in [6.07, 6.45) is 4.54. The number of rotatable bonds is 20. The van der Waals surface area contributed by atoms with E-state index < -0.39 is 0 Å². The standard InChI is InChI=1S/C30H49N7O4S/c1-8-9-17-41-29-33-27(31)26(32-22-38)28(34-29)36(6)15-10-11-16-37(21-30(2,3)20-35(4)5)42-24-14-12-13-23(18-24)19-25(39)40-7/h12-14,18,22H,8-11,15-17,19-21H2,1-7H3,(H,32,38)(H2,31,33,34). The quantitative estimate of drug-likeness (QED) is 0.0972. The molecule has 1 aromatic carbocycles. The Morgan fingerprint density at radius 3 is 2.52 bits per heavy atom. The number of nitrogen functional groups attached to an aromatic ring is 1. The van der Waals surface area contributed by atoms with Crippen LogP contribution in [0.5, 0.6) is 6.01 Å². The van der Waals surface area contributed by atoms with Gasteiger partial charge in [-0.05, 0) is 68.4 Å². The van der Waals surface area contributed by atoms with Crippen LogP contribution < -0.4 is 20.7 Å². The van der Waals surface area contributed by atoms with Gasteiger partial charge in [0, 0.05) is 38.1 Å². The fourth-order valence-corrected chi connectivity index (χ4v) is 5.95. The molecule has 42 heavy (non-hydrogen) atoms. The fraction of sp³-hybridized carbons (Fsp3) is 0.600. The number of aromatic nitrogens is 2. The Labute approximate surface area is 255 Å². The lowest BCUT2D eigenvalue weighted by molar-refractivity contribution is -0.139. The molecule has 12 heteroatoms. The van der Waals surface area contributed by atoms with Gasteiger partial charge in [0.1, 0.15) is 5.69 Å². The number of nitrogens with zero attached hydrogens (tertiary/aromatic N) is 5. The van der Waals surface area contributed by atoms with E-state index in [9.17, 15) is 9.59 Å². The Balaban J connectivity index is 2.11. The summed E-state index contributed by atoms with van der Waals surface area (Å²) >= 11 is 1.72. The molecule has 0 aliphatic heterocycles. The number of carbonyl (C=O) groups excluding carboxylic acids is 2. The molecule has 1 amide bonds. The van der Waals surface area contributed by atoms with Crippen molar-refractivity contribution in [3.05, 3.63) is 29.8 Å². The molecule has 2 rings (SSSR count). The summed E-state index contributed by atoms with van der Waals surface area (Å²) in [6.45, 7) is 10.6. The highest BCUT2D eigenvalue weighted by molar-refractivity contribution is 7.97. The van der Waals surface area contributed by atoms with Crippen LogP contribution in [0.1, 0.15) is 52.0 Å². The number of nitrogens with one attached hydrogen (secondary N) is 1. The lowest BCUT2D eigenvalue weighted by atomic mass is 9.93. The maximum Gasteiger partial charge on any atom is 0.320 e. The highest BCUT2D eigenvalue weighted by atomic mass is 32.2. The lowest BCUT2D eigenvalue weighted by Gasteiger charge is -2.34. The molecule has 1 heterocycles. The van der Waals surface area contributed by atoms with Crippen LogP contribution >= 0.6 is 11.9 Å². The predicted molar refractivity (Wildman–Crippen MR) is 171 cm³/mol. The van der Waals surface area contributed by atoms with Gasteiger partial charge in [0.15, 0.2) is 11.6 Å². The monoisotopic (exact) mass is 603 g/mol. The van der Waals surface area contributed by atoms with Crippen LogP contribution in [0, 0.1) is 5.41 Å². The first-order valence-corrected chi connectivity index (χ1v) is 15.2. The minimum absolute atomic E-state index is 0.0684. The molecule has 0 aliphatic rings. The van der Waals surface area contributed by atoms with Crippen LogP contribution in [0.15, 0.2) is 29.2 Å². The summed E-state index contributed by atoms with van der Waals surface area (Å²) < 4.78 is 12.9. The molecule has 1 aromatic heterocycles. The predicted octanol–water partition coefficient (Wildman–Crippen LogP) is 4.34. The van der Waals surface area contributed by atoms with Gasteiger partial charge in [-0.25, -0.2) is 4.31 Å². The number of methoxy groups -OCH3 is 1. The first-order chi connectivity index (χ1) is 20.0. The van der Waals surface area contributed by atoms with Crippen molar-refractivity contribution in [2.45, 2.75) is 57.8 Å². The van der Waals surface area contributed by atoms with Crippen LogP contribution in [0.4, 0.5) is 17.3 Å². The number of anilines is 3. The van der Waals surface area contributed by atoms with Gasteiger partial charge >= 0.3 is 12.0 Å². The van der Waals surface area contributed by atoms with Crippen molar-refractivity contribution in [1.82, 2.24) is 19.2 Å². The second kappa shape index (κ2) is 17.8. The number of ether oxygens (including phenoxy) is 2. The normalized spacial score (nSPS) is 11.5. The van der Waals surface area contributed by atoms with Crippen molar-refractivity contribution >= 4 is 41.7 Å². The summed E-state index contributed by atoms with van der Waals surface area (Å²) in [7, 11) is 7.53. The van der Waals surface area contributed by atoms with Crippen molar-refractivity contribution in [3.63, 3.8) is 0 Å². The number of nitrogens with two attached hydrogens (primary N) is 1. The van der Waals surface area contributed by atoms with Crippen molar-refractivity contribution in [1.29, 1.82) is 0 Å². The third-order valence-electron chi connectivity index (χ3n) is 6.40. The summed E-state index contributed by atoms with van der Waals surface area (Å²) in [5, 5.41) is 2.64. The third-order valence-corrected chi connectivity index (χ3v) is 7.43. The molecule has 0 atom stereocenters. The average Bonchev–Trinajstić information content (AvgIpc) is 2.91. The maximum atomic E-state index is 11.8. The van der Waals surface area contributed by atoms with Gasteiger partial charge in [-0.1, -0.05) is 39.3 Å². The zero-order valence-electron chi connectivity index (χ0n) is 26.3. The zero-order valence-corrected chi connectivity index (χ0v) is 27.1. The highest BCUT2D eigenvalue weighted by Gasteiger charge is 2.24. The first kappa shape index (κ1) is 35.1. The molecular weight excluding hydrogens is 554 g/mol. The van der Waals surface area contributed by atoms with E-state index in [1.807, 2.05) is 24.1 Å². The molecule has 0 fully saturated rings. The van der Waals surface area contributed by atoms with E-state index in [1.165, 1.54) is 7.11 Å². The lowest BCUT2D eigenvalue weighted by Crippen LogP contribution is -2.38. The van der Waals surface area contributed by atoms with Crippen LogP contribution in [0.25, 0.3) is 0 Å². The Morgan fingerprint density at radius 1 is 1.12 bits per heavy atom. The second-order valence-corrected chi connectivity index (χ2v) is 12.6. The molecule has 0 saturated carbocycles. The van der Waals surface area contributed by atoms with Gasteiger partial charge in [0.05, 0.1) is 20.1 Å². The van der Waals surface area contributed by atoms with Crippen LogP contribution in [-0.4, -0.2) is 92.6 Å². The minimum atomic E-state index is -0.248. The number of unbranched alkanes of at least 4 members (excludes halogenated alkanes) is 2. The number of amides is 1. The molecule has 11 nitrogen and oxygen atoms in total. The Hall–Kier alpha value is -3.09. The number of hydrogen-bond acceptors (Lipinski definition) is 11. The highest BCUT2D eigenvalue weighted by Crippen LogP contribution is 2.31. The Kier molecular flexibility index (Phi) is 14.9. The van der Waals surface area contributed by atoms with E-state index in [0.717, 1.165) is 55.8 Å². The molecule has 0 unspecified atom stereocenters. The van der Waals surface area contributed by atoms with Gasteiger partial charge in [0.25, 0.3) is 0 Å². The number of benzene rings is 1. The minimum Gasteiger partial charge on any atom is -0.469 e. The van der Waals surface area contributed by atoms with Crippen LogP contribution in [0.3, 0.4) is 0 Å². The molecule has 0 bridgehead atoms. The number of esters is 1. The summed E-state index contributed by atoms with van der Waals surface area (Å²) in [5.41, 5.74) is 7.52. The third kappa shape index (κ3) is 12.4. The molecule has 3 N–H and O–H groups in total. The van der Waals surface area contributed by atoms with E-state index in [2.05, 4.69) is 71.5 Å². The molecule has 2 aromatic rings. The maximum absolute atomic E-state index is 11.8. The van der Waals surface area contributed by atoms with Crippen molar-refractivity contribution in [2.75, 3.05) is 77.0 Å². The van der Waals surface area contributed by atoms with E-state index in [0.29, 0.717) is 31.1 Å². The fourth-order valence-electron chi connectivity index (χ4n) is 4.67. The molecule has 0 aliphatic carbocycles. The van der Waals surface area contributed by atoms with Gasteiger partial charge < -0.3 is 30.3 Å².